The molecular weight excluding hydrogens is 210 g/mol. The van der Waals surface area contributed by atoms with Crippen molar-refractivity contribution in [3.8, 4) is 5.13 Å². The summed E-state index contributed by atoms with van der Waals surface area (Å²) in [6.45, 7) is 6.87. The predicted octanol–water partition coefficient (Wildman–Crippen LogP) is 1.60. The fourth-order valence-corrected chi connectivity index (χ4v) is 1.63. The molecule has 2 heterocycles. The number of aromatic nitrogens is 4. The van der Waals surface area contributed by atoms with Crippen LogP contribution in [0.15, 0.2) is 17.9 Å². The van der Waals surface area contributed by atoms with Crippen LogP contribution in [-0.2, 0) is 0 Å². The number of nitrogens with one attached hydrogen (secondary N) is 2. The zero-order valence-corrected chi connectivity index (χ0v) is 10.0. The summed E-state index contributed by atoms with van der Waals surface area (Å²) in [5.74, 6) is 0.789. The highest BCUT2D eigenvalue weighted by atomic mass is 32.1. The maximum Gasteiger partial charge on any atom is 0.371 e. The predicted molar refractivity (Wildman–Crippen MR) is 61.3 cm³/mol. The van der Waals surface area contributed by atoms with Crippen molar-refractivity contribution in [2.24, 2.45) is 0 Å². The summed E-state index contributed by atoms with van der Waals surface area (Å²) >= 11 is 1.56. The molecule has 0 aliphatic heterocycles. The molecule has 15 heavy (non-hydrogen) atoms. The Labute approximate surface area is 93.2 Å². The maximum absolute atomic E-state index is 4.17. The molecule has 0 amide bonds. The average Bonchev–Trinajstić information content (AvgIpc) is 2.90. The van der Waals surface area contributed by atoms with E-state index in [0.717, 1.165) is 17.6 Å². The third-order valence-corrected chi connectivity index (χ3v) is 2.29. The number of thiazole rings is 1. The summed E-state index contributed by atoms with van der Waals surface area (Å²) < 4.78 is 1.81. The van der Waals surface area contributed by atoms with Crippen LogP contribution < -0.4 is 10.00 Å². The molecule has 6 heteroatoms. The third-order valence-electron chi connectivity index (χ3n) is 1.53. The molecule has 2 N–H and O–H groups in total. The van der Waals surface area contributed by atoms with Gasteiger partial charge in [-0.25, -0.2) is 5.10 Å². The molecule has 0 bridgehead atoms. The Hall–Kier alpha value is -1.43. The Balaban J connectivity index is 0.000000531. The standard InChI is InChI=1S/C7H9N5S.C2H6/c1-2-8-6-10-5-11-12(6)7-9-3-4-13-7;1-2/h3-5H,2H2,1H3,(H,8,10,11);1-2H3/p+1. The fourth-order valence-electron chi connectivity index (χ4n) is 1.02. The van der Waals surface area contributed by atoms with Crippen molar-refractivity contribution in [1.29, 1.82) is 0 Å². The van der Waals surface area contributed by atoms with Crippen molar-refractivity contribution in [2.75, 3.05) is 11.9 Å². The summed E-state index contributed by atoms with van der Waals surface area (Å²) in [6, 6.07) is 0. The second kappa shape index (κ2) is 6.13. The smallest absolute Gasteiger partial charge is 0.293 e. The molecule has 2 rings (SSSR count). The molecule has 2 aromatic rings. The van der Waals surface area contributed by atoms with Gasteiger partial charge >= 0.3 is 11.1 Å². The second-order valence-corrected chi connectivity index (χ2v) is 3.26. The molecule has 0 saturated heterocycles. The fraction of sp³-hybridized carbons (Fsp3) is 0.444. The first-order valence-corrected chi connectivity index (χ1v) is 5.89. The lowest BCUT2D eigenvalue weighted by molar-refractivity contribution is -0.642. The number of hydrogen-bond acceptors (Lipinski definition) is 4. The summed E-state index contributed by atoms with van der Waals surface area (Å²) in [6.07, 6.45) is 3.41. The van der Waals surface area contributed by atoms with E-state index in [1.54, 1.807) is 23.9 Å². The quantitative estimate of drug-likeness (QED) is 0.782. The van der Waals surface area contributed by atoms with Gasteiger partial charge in [0.2, 0.25) is 0 Å². The molecule has 0 spiro atoms. The SMILES string of the molecule is CC.CCNc1nc[nH][n+]1-c1nccs1. The first-order valence-electron chi connectivity index (χ1n) is 5.01. The van der Waals surface area contributed by atoms with Gasteiger partial charge in [-0.2, -0.15) is 0 Å². The van der Waals surface area contributed by atoms with E-state index in [9.17, 15) is 0 Å². The van der Waals surface area contributed by atoms with Gasteiger partial charge in [0.15, 0.2) is 6.33 Å². The molecule has 0 saturated carbocycles. The van der Waals surface area contributed by atoms with Crippen molar-refractivity contribution in [3.63, 3.8) is 0 Å². The van der Waals surface area contributed by atoms with E-state index in [-0.39, 0.29) is 0 Å². The lowest BCUT2D eigenvalue weighted by Gasteiger charge is -1.94. The van der Waals surface area contributed by atoms with Crippen LogP contribution in [0.1, 0.15) is 20.8 Å². The zero-order chi connectivity index (χ0) is 11.1. The number of rotatable bonds is 3. The molecule has 0 radical (unpaired) electrons. The first-order chi connectivity index (χ1) is 7.42. The monoisotopic (exact) mass is 226 g/mol. The van der Waals surface area contributed by atoms with E-state index in [0.29, 0.717) is 0 Å². The van der Waals surface area contributed by atoms with Gasteiger partial charge in [0.1, 0.15) is 0 Å². The molecular formula is C9H16N5S+. The van der Waals surface area contributed by atoms with Gasteiger partial charge in [-0.3, -0.25) is 5.32 Å². The third kappa shape index (κ3) is 2.76. The van der Waals surface area contributed by atoms with Crippen LogP contribution in [0.25, 0.3) is 5.13 Å². The highest BCUT2D eigenvalue weighted by Crippen LogP contribution is 2.04. The molecule has 0 unspecified atom stereocenters. The Morgan fingerprint density at radius 3 is 2.87 bits per heavy atom. The summed E-state index contributed by atoms with van der Waals surface area (Å²) in [5, 5.41) is 8.93. The van der Waals surface area contributed by atoms with Crippen molar-refractivity contribution in [3.05, 3.63) is 17.9 Å². The van der Waals surface area contributed by atoms with Crippen LogP contribution in [0.4, 0.5) is 5.95 Å². The highest BCUT2D eigenvalue weighted by molar-refractivity contribution is 7.11. The Morgan fingerprint density at radius 2 is 2.27 bits per heavy atom. The number of nitrogens with zero attached hydrogens (tertiary/aromatic N) is 3. The van der Waals surface area contributed by atoms with Crippen LogP contribution in [0.2, 0.25) is 0 Å². The van der Waals surface area contributed by atoms with Crippen LogP contribution >= 0.6 is 11.3 Å². The number of aromatic amines is 1. The van der Waals surface area contributed by atoms with Crippen LogP contribution in [-0.4, -0.2) is 21.6 Å². The van der Waals surface area contributed by atoms with E-state index >= 15 is 0 Å². The Kier molecular flexibility index (Phi) is 4.76. The largest absolute Gasteiger partial charge is 0.371 e. The van der Waals surface area contributed by atoms with E-state index in [1.807, 2.05) is 30.8 Å². The first kappa shape index (κ1) is 11.6. The summed E-state index contributed by atoms with van der Waals surface area (Å²) in [4.78, 5) is 8.30. The van der Waals surface area contributed by atoms with Crippen LogP contribution in [0.5, 0.6) is 0 Å². The zero-order valence-electron chi connectivity index (χ0n) is 9.19. The minimum atomic E-state index is 0.789. The topological polar surface area (TPSA) is 57.5 Å². The highest BCUT2D eigenvalue weighted by Gasteiger charge is 2.13. The van der Waals surface area contributed by atoms with Gasteiger partial charge in [0.05, 0.1) is 6.20 Å². The van der Waals surface area contributed by atoms with E-state index in [2.05, 4.69) is 20.4 Å². The minimum absolute atomic E-state index is 0.789. The lowest BCUT2D eigenvalue weighted by Crippen LogP contribution is -2.35. The molecule has 0 atom stereocenters. The van der Waals surface area contributed by atoms with Gasteiger partial charge < -0.3 is 0 Å². The second-order valence-electron chi connectivity index (χ2n) is 2.39. The van der Waals surface area contributed by atoms with Crippen LogP contribution in [0.3, 0.4) is 0 Å². The molecule has 82 valence electrons. The van der Waals surface area contributed by atoms with E-state index in [4.69, 9.17) is 0 Å². The van der Waals surface area contributed by atoms with Crippen molar-refractivity contribution >= 4 is 17.3 Å². The minimum Gasteiger partial charge on any atom is -0.293 e. The van der Waals surface area contributed by atoms with Crippen molar-refractivity contribution in [1.82, 2.24) is 15.1 Å². The summed E-state index contributed by atoms with van der Waals surface area (Å²) in [5.41, 5.74) is 0. The number of H-pyrrole nitrogens is 1. The molecule has 0 fully saturated rings. The summed E-state index contributed by atoms with van der Waals surface area (Å²) in [7, 11) is 0. The maximum atomic E-state index is 4.17. The molecule has 2 aromatic heterocycles. The Morgan fingerprint density at radius 1 is 1.47 bits per heavy atom. The number of hydrogen-bond donors (Lipinski definition) is 2. The van der Waals surface area contributed by atoms with E-state index < -0.39 is 0 Å². The average molecular weight is 226 g/mol. The number of anilines is 1. The lowest BCUT2D eigenvalue weighted by atomic mass is 10.7. The van der Waals surface area contributed by atoms with Gasteiger partial charge in [0.25, 0.3) is 0 Å². The normalized spacial score (nSPS) is 9.27. The van der Waals surface area contributed by atoms with Gasteiger partial charge in [-0.1, -0.05) is 30.2 Å². The van der Waals surface area contributed by atoms with Gasteiger partial charge in [-0.05, 0) is 6.92 Å². The molecule has 0 aromatic carbocycles. The van der Waals surface area contributed by atoms with E-state index in [1.165, 1.54) is 0 Å². The van der Waals surface area contributed by atoms with Crippen molar-refractivity contribution in [2.45, 2.75) is 20.8 Å². The van der Waals surface area contributed by atoms with Gasteiger partial charge in [-0.15, -0.1) is 9.67 Å². The van der Waals surface area contributed by atoms with Gasteiger partial charge in [0, 0.05) is 11.9 Å². The molecule has 0 aliphatic carbocycles. The van der Waals surface area contributed by atoms with Crippen LogP contribution in [0, 0.1) is 0 Å². The molecule has 5 nitrogen and oxygen atoms in total. The van der Waals surface area contributed by atoms with Crippen molar-refractivity contribution < 1.29 is 4.68 Å². The molecule has 0 aliphatic rings. The Bertz CT molecular complexity index is 368.